The lowest BCUT2D eigenvalue weighted by Gasteiger charge is -2.06. The second-order valence-electron chi connectivity index (χ2n) is 2.52. The lowest BCUT2D eigenvalue weighted by Crippen LogP contribution is -2.05. The molecule has 0 fully saturated rings. The molecule has 0 bridgehead atoms. The molecular formula is C9H7ClO4. The Bertz CT molecular complexity index is 386. The first-order valence-electron chi connectivity index (χ1n) is 3.72. The second kappa shape index (κ2) is 4.11. The summed E-state index contributed by atoms with van der Waals surface area (Å²) in [6.07, 6.45) is 0. The third kappa shape index (κ3) is 2.23. The van der Waals surface area contributed by atoms with Gasteiger partial charge in [0.25, 0.3) is 5.24 Å². The van der Waals surface area contributed by atoms with Crippen molar-refractivity contribution in [3.05, 3.63) is 23.8 Å². The van der Waals surface area contributed by atoms with Crippen molar-refractivity contribution in [2.45, 2.75) is 6.92 Å². The molecule has 1 aromatic rings. The van der Waals surface area contributed by atoms with Crippen LogP contribution in [0.25, 0.3) is 0 Å². The maximum atomic E-state index is 10.9. The molecule has 0 saturated heterocycles. The zero-order chi connectivity index (χ0) is 10.7. The number of ether oxygens (including phenoxy) is 1. The predicted octanol–water partition coefficient (Wildman–Crippen LogP) is 1.70. The van der Waals surface area contributed by atoms with Gasteiger partial charge in [-0.2, -0.15) is 0 Å². The van der Waals surface area contributed by atoms with Gasteiger partial charge in [0.05, 0.1) is 5.56 Å². The van der Waals surface area contributed by atoms with Crippen molar-refractivity contribution in [1.29, 1.82) is 0 Å². The van der Waals surface area contributed by atoms with Gasteiger partial charge in [-0.05, 0) is 23.7 Å². The van der Waals surface area contributed by atoms with Crippen LogP contribution in [0.2, 0.25) is 0 Å². The number of rotatable bonds is 2. The first-order valence-corrected chi connectivity index (χ1v) is 4.10. The van der Waals surface area contributed by atoms with Crippen molar-refractivity contribution in [2.24, 2.45) is 0 Å². The quantitative estimate of drug-likeness (QED) is 0.462. The van der Waals surface area contributed by atoms with Crippen LogP contribution < -0.4 is 4.74 Å². The van der Waals surface area contributed by atoms with Crippen molar-refractivity contribution in [3.63, 3.8) is 0 Å². The minimum absolute atomic E-state index is 0.0399. The van der Waals surface area contributed by atoms with Crippen LogP contribution in [-0.4, -0.2) is 16.3 Å². The maximum absolute atomic E-state index is 10.9. The molecule has 0 spiro atoms. The molecule has 0 aliphatic rings. The van der Waals surface area contributed by atoms with Crippen LogP contribution in [0.5, 0.6) is 11.5 Å². The Hall–Kier alpha value is -1.55. The number of benzene rings is 1. The van der Waals surface area contributed by atoms with Crippen molar-refractivity contribution < 1.29 is 19.4 Å². The Kier molecular flexibility index (Phi) is 3.09. The average molecular weight is 215 g/mol. The molecule has 1 aromatic carbocycles. The summed E-state index contributed by atoms with van der Waals surface area (Å²) in [5.74, 6) is -1.14. The van der Waals surface area contributed by atoms with E-state index >= 15 is 0 Å². The van der Waals surface area contributed by atoms with Crippen molar-refractivity contribution in [3.8, 4) is 11.5 Å². The summed E-state index contributed by atoms with van der Waals surface area (Å²) in [5, 5.41) is 8.51. The van der Waals surface area contributed by atoms with Crippen molar-refractivity contribution >= 4 is 22.8 Å². The summed E-state index contributed by atoms with van der Waals surface area (Å²) >= 11 is 5.22. The predicted molar refractivity (Wildman–Crippen MR) is 49.6 cm³/mol. The normalized spacial score (nSPS) is 9.57. The fourth-order valence-corrected chi connectivity index (χ4v) is 1.08. The second-order valence-corrected chi connectivity index (χ2v) is 2.86. The van der Waals surface area contributed by atoms with E-state index in [2.05, 4.69) is 4.74 Å². The molecule has 14 heavy (non-hydrogen) atoms. The molecule has 74 valence electrons. The molecule has 0 aliphatic carbocycles. The number of hydrogen-bond donors (Lipinski definition) is 1. The highest BCUT2D eigenvalue weighted by molar-refractivity contribution is 6.68. The smallest absolute Gasteiger partial charge is 0.308 e. The zero-order valence-electron chi connectivity index (χ0n) is 7.28. The first kappa shape index (κ1) is 10.5. The van der Waals surface area contributed by atoms with Crippen LogP contribution in [-0.2, 0) is 4.79 Å². The monoisotopic (exact) mass is 214 g/mol. The van der Waals surface area contributed by atoms with E-state index in [0.29, 0.717) is 0 Å². The Balaban J connectivity index is 3.22. The van der Waals surface area contributed by atoms with Gasteiger partial charge in [-0.3, -0.25) is 9.59 Å². The molecule has 0 atom stereocenters. The molecule has 0 aromatic heterocycles. The van der Waals surface area contributed by atoms with Gasteiger partial charge in [0.2, 0.25) is 0 Å². The number of halogens is 1. The van der Waals surface area contributed by atoms with Crippen LogP contribution in [0.15, 0.2) is 18.2 Å². The zero-order valence-corrected chi connectivity index (χ0v) is 8.04. The maximum Gasteiger partial charge on any atom is 0.308 e. The topological polar surface area (TPSA) is 63.6 Å². The van der Waals surface area contributed by atoms with Crippen molar-refractivity contribution in [1.82, 2.24) is 0 Å². The summed E-state index contributed by atoms with van der Waals surface area (Å²) in [6, 6.07) is 4.08. The summed E-state index contributed by atoms with van der Waals surface area (Å²) in [7, 11) is 0. The van der Waals surface area contributed by atoms with E-state index in [9.17, 15) is 14.7 Å². The van der Waals surface area contributed by atoms with Crippen LogP contribution in [0.1, 0.15) is 17.3 Å². The molecule has 5 heteroatoms. The minimum atomic E-state index is -0.794. The molecule has 1 rings (SSSR count). The summed E-state index contributed by atoms with van der Waals surface area (Å²) in [6.45, 7) is 1.16. The largest absolute Gasteiger partial charge is 0.504 e. The van der Waals surface area contributed by atoms with E-state index in [1.807, 2.05) is 0 Å². The summed E-state index contributed by atoms with van der Waals surface area (Å²) in [4.78, 5) is 21.5. The number of phenols is 1. The average Bonchev–Trinajstić information content (AvgIpc) is 2.07. The van der Waals surface area contributed by atoms with E-state index in [1.165, 1.54) is 18.2 Å². The summed E-state index contributed by atoms with van der Waals surface area (Å²) < 4.78 is 4.64. The SMILES string of the molecule is CC(=O)Oc1c(O)cccc1C(=O)Cl. The molecule has 0 saturated carbocycles. The molecule has 0 heterocycles. The molecule has 0 unspecified atom stereocenters. The fraction of sp³-hybridized carbons (Fsp3) is 0.111. The number of esters is 1. The van der Waals surface area contributed by atoms with Gasteiger partial charge >= 0.3 is 5.97 Å². The van der Waals surface area contributed by atoms with Crippen LogP contribution in [0.3, 0.4) is 0 Å². The van der Waals surface area contributed by atoms with Crippen LogP contribution in [0, 0.1) is 0 Å². The lowest BCUT2D eigenvalue weighted by atomic mass is 10.2. The van der Waals surface area contributed by atoms with Gasteiger partial charge in [-0.1, -0.05) is 6.07 Å². The minimum Gasteiger partial charge on any atom is -0.504 e. The third-order valence-electron chi connectivity index (χ3n) is 1.45. The number of carbonyl (C=O) groups is 2. The number of para-hydroxylation sites is 1. The Morgan fingerprint density at radius 3 is 2.57 bits per heavy atom. The van der Waals surface area contributed by atoms with Gasteiger partial charge in [-0.15, -0.1) is 0 Å². The first-order chi connectivity index (χ1) is 6.52. The van der Waals surface area contributed by atoms with E-state index in [0.717, 1.165) is 6.92 Å². The molecule has 0 aliphatic heterocycles. The Labute approximate surface area is 85.1 Å². The lowest BCUT2D eigenvalue weighted by molar-refractivity contribution is -0.132. The Morgan fingerprint density at radius 2 is 2.07 bits per heavy atom. The summed E-state index contributed by atoms with van der Waals surface area (Å²) in [5.41, 5.74) is -0.0399. The highest BCUT2D eigenvalue weighted by Gasteiger charge is 2.15. The number of aromatic hydroxyl groups is 1. The fourth-order valence-electron chi connectivity index (χ4n) is 0.931. The highest BCUT2D eigenvalue weighted by atomic mass is 35.5. The van der Waals surface area contributed by atoms with Crippen molar-refractivity contribution in [2.75, 3.05) is 0 Å². The van der Waals surface area contributed by atoms with E-state index in [1.54, 1.807) is 0 Å². The number of phenolic OH excluding ortho intramolecular Hbond substituents is 1. The number of carbonyl (C=O) groups excluding carboxylic acids is 2. The van der Waals surface area contributed by atoms with Crippen LogP contribution >= 0.6 is 11.6 Å². The molecule has 1 N–H and O–H groups in total. The molecule has 4 nitrogen and oxygen atoms in total. The Morgan fingerprint density at radius 1 is 1.43 bits per heavy atom. The molecule has 0 radical (unpaired) electrons. The van der Waals surface area contributed by atoms with Crippen LogP contribution in [0.4, 0.5) is 0 Å². The molecular weight excluding hydrogens is 208 g/mol. The van der Waals surface area contributed by atoms with E-state index < -0.39 is 11.2 Å². The van der Waals surface area contributed by atoms with Gasteiger partial charge in [-0.25, -0.2) is 0 Å². The standard InChI is InChI=1S/C9H7ClO4/c1-5(11)14-8-6(9(10)13)3-2-4-7(8)12/h2-4,12H,1H3. The van der Waals surface area contributed by atoms with Gasteiger partial charge in [0.1, 0.15) is 0 Å². The highest BCUT2D eigenvalue weighted by Crippen LogP contribution is 2.31. The third-order valence-corrected chi connectivity index (χ3v) is 1.66. The van der Waals surface area contributed by atoms with Gasteiger partial charge in [0.15, 0.2) is 11.5 Å². The van der Waals surface area contributed by atoms with Gasteiger partial charge in [0, 0.05) is 6.92 Å². The van der Waals surface area contributed by atoms with Gasteiger partial charge < -0.3 is 9.84 Å². The van der Waals surface area contributed by atoms with E-state index in [4.69, 9.17) is 11.6 Å². The van der Waals surface area contributed by atoms with E-state index in [-0.39, 0.29) is 17.1 Å². The molecule has 0 amide bonds. The number of hydrogen-bond acceptors (Lipinski definition) is 4.